The minimum atomic E-state index is -1.05. The number of benzene rings is 2. The fourth-order valence-electron chi connectivity index (χ4n) is 3.20. The number of carbonyl (C=O) groups excluding carboxylic acids is 1. The van der Waals surface area contributed by atoms with Gasteiger partial charge in [0.25, 0.3) is 0 Å². The molecule has 1 amide bonds. The van der Waals surface area contributed by atoms with Crippen LogP contribution in [0.4, 0.5) is 0 Å². The number of aliphatic carboxylic acids is 1. The lowest BCUT2D eigenvalue weighted by Crippen LogP contribution is -2.41. The minimum Gasteiger partial charge on any atom is -0.493 e. The summed E-state index contributed by atoms with van der Waals surface area (Å²) >= 11 is 0. The number of unbranched alkanes of at least 4 members (excludes halogenated alkanes) is 4. The average Bonchev–Trinajstić information content (AvgIpc) is 2.64. The highest BCUT2D eigenvalue weighted by atomic mass is 16.5. The Balaban J connectivity index is 2.21. The molecule has 2 rings (SSSR count). The molecular formula is C22H29NO4. The van der Waals surface area contributed by atoms with Crippen LogP contribution in [0, 0.1) is 0 Å². The molecular weight excluding hydrogens is 342 g/mol. The van der Waals surface area contributed by atoms with Gasteiger partial charge in [-0.1, -0.05) is 62.9 Å². The number of hydrogen-bond acceptors (Lipinski definition) is 3. The van der Waals surface area contributed by atoms with E-state index in [0.717, 1.165) is 29.2 Å². The third kappa shape index (κ3) is 6.27. The molecule has 0 bridgehead atoms. The Morgan fingerprint density at radius 3 is 2.52 bits per heavy atom. The molecule has 0 saturated carbocycles. The molecule has 0 spiro atoms. The third-order valence-corrected chi connectivity index (χ3v) is 4.59. The van der Waals surface area contributed by atoms with E-state index in [0.29, 0.717) is 12.4 Å². The van der Waals surface area contributed by atoms with Crippen molar-refractivity contribution in [2.24, 2.45) is 0 Å². The van der Waals surface area contributed by atoms with E-state index in [1.807, 2.05) is 36.4 Å². The van der Waals surface area contributed by atoms with E-state index in [9.17, 15) is 14.7 Å². The second kappa shape index (κ2) is 10.6. The molecule has 1 unspecified atom stereocenters. The number of carboxylic acid groups (broad SMARTS) is 1. The van der Waals surface area contributed by atoms with E-state index < -0.39 is 12.0 Å². The highest BCUT2D eigenvalue weighted by Gasteiger charge is 2.22. The Hall–Kier alpha value is -2.56. The van der Waals surface area contributed by atoms with Crippen molar-refractivity contribution < 1.29 is 19.4 Å². The fraction of sp³-hybridized carbons (Fsp3) is 0.455. The summed E-state index contributed by atoms with van der Waals surface area (Å²) in [6.07, 6.45) is 5.92. The summed E-state index contributed by atoms with van der Waals surface area (Å²) in [5.74, 6) is -0.717. The lowest BCUT2D eigenvalue weighted by Gasteiger charge is -2.18. The van der Waals surface area contributed by atoms with E-state index in [2.05, 4.69) is 12.2 Å². The van der Waals surface area contributed by atoms with Crippen LogP contribution >= 0.6 is 0 Å². The molecule has 0 saturated heterocycles. The van der Waals surface area contributed by atoms with Gasteiger partial charge in [-0.15, -0.1) is 0 Å². The van der Waals surface area contributed by atoms with Crippen LogP contribution in [0.15, 0.2) is 36.4 Å². The molecule has 2 N–H and O–H groups in total. The molecule has 0 heterocycles. The summed E-state index contributed by atoms with van der Waals surface area (Å²) in [7, 11) is 0. The standard InChI is InChI=1S/C22H29NO4/c1-3-4-5-6-9-14-27-21-13-12-17-10-7-8-11-18(17)19(21)15-20(22(25)26)23-16(2)24/h7-8,10-13,20H,3-6,9,14-15H2,1-2H3,(H,23,24)(H,25,26). The molecule has 0 aliphatic heterocycles. The largest absolute Gasteiger partial charge is 0.493 e. The summed E-state index contributed by atoms with van der Waals surface area (Å²) in [6.45, 7) is 4.12. The van der Waals surface area contributed by atoms with Crippen molar-refractivity contribution in [1.29, 1.82) is 0 Å². The Kier molecular flexibility index (Phi) is 8.11. The summed E-state index contributed by atoms with van der Waals surface area (Å²) in [4.78, 5) is 23.0. The van der Waals surface area contributed by atoms with Gasteiger partial charge in [0.1, 0.15) is 11.8 Å². The highest BCUT2D eigenvalue weighted by molar-refractivity contribution is 5.89. The molecule has 2 aromatic rings. The van der Waals surface area contributed by atoms with E-state index in [1.54, 1.807) is 0 Å². The number of fused-ring (bicyclic) bond motifs is 1. The number of rotatable bonds is 11. The molecule has 5 nitrogen and oxygen atoms in total. The smallest absolute Gasteiger partial charge is 0.326 e. The summed E-state index contributed by atoms with van der Waals surface area (Å²) in [6, 6.07) is 10.7. The van der Waals surface area contributed by atoms with Crippen molar-refractivity contribution in [3.8, 4) is 5.75 Å². The highest BCUT2D eigenvalue weighted by Crippen LogP contribution is 2.29. The summed E-state index contributed by atoms with van der Waals surface area (Å²) in [5.41, 5.74) is 0.822. The molecule has 0 aliphatic rings. The van der Waals surface area contributed by atoms with E-state index in [1.165, 1.54) is 26.2 Å². The van der Waals surface area contributed by atoms with Crippen LogP contribution < -0.4 is 10.1 Å². The number of amides is 1. The van der Waals surface area contributed by atoms with Crippen LogP contribution in [0.3, 0.4) is 0 Å². The Morgan fingerprint density at radius 1 is 1.07 bits per heavy atom. The first-order valence-corrected chi connectivity index (χ1v) is 9.66. The van der Waals surface area contributed by atoms with E-state index in [4.69, 9.17) is 4.74 Å². The third-order valence-electron chi connectivity index (χ3n) is 4.59. The molecule has 146 valence electrons. The number of hydrogen-bond donors (Lipinski definition) is 2. The molecule has 27 heavy (non-hydrogen) atoms. The predicted octanol–water partition coefficient (Wildman–Crippen LogP) is 4.32. The van der Waals surface area contributed by atoms with Gasteiger partial charge >= 0.3 is 5.97 Å². The second-order valence-corrected chi connectivity index (χ2v) is 6.82. The quantitative estimate of drug-likeness (QED) is 0.577. The van der Waals surface area contributed by atoms with E-state index in [-0.39, 0.29) is 12.3 Å². The molecule has 0 radical (unpaired) electrons. The molecule has 2 aromatic carbocycles. The Bertz CT molecular complexity index is 772. The minimum absolute atomic E-state index is 0.182. The Labute approximate surface area is 160 Å². The van der Waals surface area contributed by atoms with Crippen LogP contribution in [0.25, 0.3) is 10.8 Å². The lowest BCUT2D eigenvalue weighted by molar-refractivity contribution is -0.141. The first kappa shape index (κ1) is 20.7. The van der Waals surface area contributed by atoms with Gasteiger partial charge in [0.15, 0.2) is 0 Å². The molecule has 0 fully saturated rings. The first-order valence-electron chi connectivity index (χ1n) is 9.66. The normalized spacial score (nSPS) is 11.9. The maximum absolute atomic E-state index is 11.6. The van der Waals surface area contributed by atoms with Gasteiger partial charge in [0, 0.05) is 18.9 Å². The molecule has 5 heteroatoms. The first-order chi connectivity index (χ1) is 13.0. The summed E-state index contributed by atoms with van der Waals surface area (Å²) < 4.78 is 6.01. The van der Waals surface area contributed by atoms with Crippen LogP contribution in [0.1, 0.15) is 51.5 Å². The van der Waals surface area contributed by atoms with Crippen molar-refractivity contribution in [2.45, 2.75) is 58.4 Å². The zero-order valence-corrected chi connectivity index (χ0v) is 16.2. The second-order valence-electron chi connectivity index (χ2n) is 6.82. The van der Waals surface area contributed by atoms with Crippen molar-refractivity contribution in [1.82, 2.24) is 5.32 Å². The van der Waals surface area contributed by atoms with Crippen molar-refractivity contribution >= 4 is 22.6 Å². The van der Waals surface area contributed by atoms with Gasteiger partial charge in [-0.3, -0.25) is 4.79 Å². The SMILES string of the molecule is CCCCCCCOc1ccc2ccccc2c1CC(NC(C)=O)C(=O)O. The van der Waals surface area contributed by atoms with Gasteiger partial charge in [-0.05, 0) is 23.3 Å². The van der Waals surface area contributed by atoms with Crippen molar-refractivity contribution in [2.75, 3.05) is 6.61 Å². The van der Waals surface area contributed by atoms with Crippen LogP contribution in [0.2, 0.25) is 0 Å². The topological polar surface area (TPSA) is 75.6 Å². The fourth-order valence-corrected chi connectivity index (χ4v) is 3.20. The van der Waals surface area contributed by atoms with Crippen molar-refractivity contribution in [3.05, 3.63) is 42.0 Å². The zero-order valence-electron chi connectivity index (χ0n) is 16.2. The van der Waals surface area contributed by atoms with Gasteiger partial charge in [0.05, 0.1) is 6.61 Å². The van der Waals surface area contributed by atoms with Gasteiger partial charge in [-0.25, -0.2) is 4.79 Å². The monoisotopic (exact) mass is 371 g/mol. The number of carboxylic acids is 1. The predicted molar refractivity (Wildman–Crippen MR) is 107 cm³/mol. The molecule has 1 atom stereocenters. The molecule has 0 aromatic heterocycles. The van der Waals surface area contributed by atoms with Gasteiger partial charge < -0.3 is 15.2 Å². The number of ether oxygens (including phenoxy) is 1. The summed E-state index contributed by atoms with van der Waals surface area (Å²) in [5, 5.41) is 14.0. The van der Waals surface area contributed by atoms with E-state index >= 15 is 0 Å². The van der Waals surface area contributed by atoms with Crippen molar-refractivity contribution in [3.63, 3.8) is 0 Å². The van der Waals surface area contributed by atoms with Gasteiger partial charge in [-0.2, -0.15) is 0 Å². The maximum Gasteiger partial charge on any atom is 0.326 e. The Morgan fingerprint density at radius 2 is 1.81 bits per heavy atom. The van der Waals surface area contributed by atoms with Gasteiger partial charge in [0.2, 0.25) is 5.91 Å². The molecule has 0 aliphatic carbocycles. The van der Waals surface area contributed by atoms with Crippen LogP contribution in [-0.4, -0.2) is 29.6 Å². The average molecular weight is 371 g/mol. The van der Waals surface area contributed by atoms with Crippen LogP contribution in [0.5, 0.6) is 5.75 Å². The maximum atomic E-state index is 11.6. The van der Waals surface area contributed by atoms with Crippen LogP contribution in [-0.2, 0) is 16.0 Å². The number of nitrogens with one attached hydrogen (secondary N) is 1. The lowest BCUT2D eigenvalue weighted by atomic mass is 9.97. The zero-order chi connectivity index (χ0) is 19.6. The number of carbonyl (C=O) groups is 2.